The van der Waals surface area contributed by atoms with Crippen molar-refractivity contribution < 1.29 is 9.50 Å². The summed E-state index contributed by atoms with van der Waals surface area (Å²) < 4.78 is 13.4. The van der Waals surface area contributed by atoms with E-state index in [4.69, 9.17) is 0 Å². The molecule has 0 spiro atoms. The first-order chi connectivity index (χ1) is 10.2. The number of piperidine rings is 1. The van der Waals surface area contributed by atoms with Gasteiger partial charge in [-0.15, -0.1) is 0 Å². The molecule has 1 aromatic heterocycles. The molecule has 3 rings (SSSR count). The van der Waals surface area contributed by atoms with Crippen LogP contribution in [0.4, 0.5) is 16.2 Å². The summed E-state index contributed by atoms with van der Waals surface area (Å²) in [6.07, 6.45) is 4.43. The van der Waals surface area contributed by atoms with E-state index in [9.17, 15) is 9.50 Å². The Kier molecular flexibility index (Phi) is 4.21. The zero-order valence-electron chi connectivity index (χ0n) is 12.3. The van der Waals surface area contributed by atoms with Gasteiger partial charge in [-0.3, -0.25) is 4.90 Å². The quantitative estimate of drug-likeness (QED) is 0.855. The number of nitrogens with zero attached hydrogens (tertiary/aromatic N) is 4. The van der Waals surface area contributed by atoms with E-state index in [1.807, 2.05) is 4.90 Å². The molecule has 2 aliphatic rings. The van der Waals surface area contributed by atoms with Gasteiger partial charge in [-0.25, -0.2) is 9.37 Å². The van der Waals surface area contributed by atoms with Gasteiger partial charge in [-0.05, 0) is 25.9 Å². The van der Waals surface area contributed by atoms with Gasteiger partial charge in [0.1, 0.15) is 0 Å². The number of hydrogen-bond donors (Lipinski definition) is 2. The second-order valence-electron chi connectivity index (χ2n) is 5.75. The Bertz CT molecular complexity index is 494. The highest BCUT2D eigenvalue weighted by Gasteiger charge is 2.37. The molecule has 116 valence electrons. The third-order valence-electron chi connectivity index (χ3n) is 4.37. The van der Waals surface area contributed by atoms with E-state index in [0.717, 1.165) is 13.1 Å². The molecule has 7 heteroatoms. The van der Waals surface area contributed by atoms with Crippen LogP contribution >= 0.6 is 0 Å². The number of anilines is 2. The first-order valence-corrected chi connectivity index (χ1v) is 7.56. The van der Waals surface area contributed by atoms with Crippen molar-refractivity contribution in [2.45, 2.75) is 31.4 Å². The first kappa shape index (κ1) is 14.5. The lowest BCUT2D eigenvalue weighted by molar-refractivity contribution is 0.0706. The molecule has 0 amide bonds. The van der Waals surface area contributed by atoms with Crippen LogP contribution in [0.2, 0.25) is 0 Å². The molecule has 3 heterocycles. The summed E-state index contributed by atoms with van der Waals surface area (Å²) >= 11 is 0. The van der Waals surface area contributed by atoms with Gasteiger partial charge in [-0.1, -0.05) is 6.42 Å². The molecular formula is C14H22FN5O. The summed E-state index contributed by atoms with van der Waals surface area (Å²) in [6.45, 7) is 3.27. The molecule has 0 unspecified atom stereocenters. The van der Waals surface area contributed by atoms with Crippen LogP contribution in [0, 0.1) is 5.82 Å². The van der Waals surface area contributed by atoms with Crippen LogP contribution < -0.4 is 10.2 Å². The highest BCUT2D eigenvalue weighted by molar-refractivity contribution is 5.43. The minimum absolute atomic E-state index is 0.122. The smallest absolute Gasteiger partial charge is 0.227 e. The zero-order chi connectivity index (χ0) is 14.8. The maximum absolute atomic E-state index is 13.4. The third kappa shape index (κ3) is 2.94. The topological polar surface area (TPSA) is 64.5 Å². The molecule has 2 atom stereocenters. The zero-order valence-corrected chi connectivity index (χ0v) is 12.3. The molecule has 0 aromatic carbocycles. The SMILES string of the molecule is CNc1nc(N2C[C@H](O)[C@@H](N3CCCCC3)C2)ncc1F. The highest BCUT2D eigenvalue weighted by Crippen LogP contribution is 2.24. The van der Waals surface area contributed by atoms with Gasteiger partial charge in [0.25, 0.3) is 0 Å². The molecular weight excluding hydrogens is 273 g/mol. The van der Waals surface area contributed by atoms with Crippen LogP contribution in [-0.2, 0) is 0 Å². The second kappa shape index (κ2) is 6.11. The number of hydrogen-bond acceptors (Lipinski definition) is 6. The first-order valence-electron chi connectivity index (χ1n) is 7.56. The van der Waals surface area contributed by atoms with E-state index in [1.54, 1.807) is 7.05 Å². The molecule has 21 heavy (non-hydrogen) atoms. The lowest BCUT2D eigenvalue weighted by Gasteiger charge is -2.33. The normalized spacial score (nSPS) is 27.1. The minimum Gasteiger partial charge on any atom is -0.390 e. The Morgan fingerprint density at radius 1 is 1.29 bits per heavy atom. The van der Waals surface area contributed by atoms with Crippen LogP contribution in [0.15, 0.2) is 6.20 Å². The Labute approximate surface area is 124 Å². The van der Waals surface area contributed by atoms with Crippen molar-refractivity contribution >= 4 is 11.8 Å². The predicted molar refractivity (Wildman–Crippen MR) is 79.0 cm³/mol. The Balaban J connectivity index is 1.73. The highest BCUT2D eigenvalue weighted by atomic mass is 19.1. The third-order valence-corrected chi connectivity index (χ3v) is 4.37. The van der Waals surface area contributed by atoms with Crippen molar-refractivity contribution in [3.8, 4) is 0 Å². The summed E-state index contributed by atoms with van der Waals surface area (Å²) in [7, 11) is 1.63. The molecule has 2 N–H and O–H groups in total. The molecule has 0 bridgehead atoms. The van der Waals surface area contributed by atoms with Gasteiger partial charge >= 0.3 is 0 Å². The van der Waals surface area contributed by atoms with E-state index in [2.05, 4.69) is 20.2 Å². The Hall–Kier alpha value is -1.47. The molecule has 0 saturated carbocycles. The van der Waals surface area contributed by atoms with Crippen molar-refractivity contribution in [2.24, 2.45) is 0 Å². The summed E-state index contributed by atoms with van der Waals surface area (Å²) in [6, 6.07) is 0.122. The van der Waals surface area contributed by atoms with Crippen LogP contribution in [0.1, 0.15) is 19.3 Å². The minimum atomic E-state index is -0.464. The van der Waals surface area contributed by atoms with Crippen LogP contribution in [0.25, 0.3) is 0 Å². The number of nitrogens with one attached hydrogen (secondary N) is 1. The second-order valence-corrected chi connectivity index (χ2v) is 5.75. The van der Waals surface area contributed by atoms with Gasteiger partial charge in [0.15, 0.2) is 11.6 Å². The van der Waals surface area contributed by atoms with E-state index in [1.165, 1.54) is 25.5 Å². The monoisotopic (exact) mass is 295 g/mol. The number of aliphatic hydroxyl groups is 1. The average molecular weight is 295 g/mol. The van der Waals surface area contributed by atoms with E-state index in [0.29, 0.717) is 19.0 Å². The fraction of sp³-hybridized carbons (Fsp3) is 0.714. The molecule has 2 fully saturated rings. The summed E-state index contributed by atoms with van der Waals surface area (Å²) in [5, 5.41) is 13.0. The van der Waals surface area contributed by atoms with E-state index in [-0.39, 0.29) is 11.9 Å². The van der Waals surface area contributed by atoms with Gasteiger partial charge in [0.2, 0.25) is 5.95 Å². The van der Waals surface area contributed by atoms with Gasteiger partial charge in [0, 0.05) is 20.1 Å². The van der Waals surface area contributed by atoms with Crippen molar-refractivity contribution in [2.75, 3.05) is 43.4 Å². The fourth-order valence-electron chi connectivity index (χ4n) is 3.23. The largest absolute Gasteiger partial charge is 0.390 e. The number of aromatic nitrogens is 2. The molecule has 0 aliphatic carbocycles. The number of halogens is 1. The number of β-amino-alcohol motifs (C(OH)–C–C–N with tert-alkyl or cyclic N) is 1. The van der Waals surface area contributed by atoms with Crippen molar-refractivity contribution in [1.29, 1.82) is 0 Å². The number of rotatable bonds is 3. The predicted octanol–water partition coefficient (Wildman–Crippen LogP) is 0.693. The molecule has 2 aliphatic heterocycles. The Morgan fingerprint density at radius 3 is 2.76 bits per heavy atom. The average Bonchev–Trinajstić information content (AvgIpc) is 2.90. The van der Waals surface area contributed by atoms with Crippen molar-refractivity contribution in [3.05, 3.63) is 12.0 Å². The van der Waals surface area contributed by atoms with Crippen molar-refractivity contribution in [1.82, 2.24) is 14.9 Å². The summed E-state index contributed by atoms with van der Waals surface area (Å²) in [5.74, 6) is 0.198. The van der Waals surface area contributed by atoms with Crippen LogP contribution in [-0.4, -0.2) is 65.3 Å². The summed E-state index contributed by atoms with van der Waals surface area (Å²) in [5.41, 5.74) is 0. The fourth-order valence-corrected chi connectivity index (χ4v) is 3.23. The standard InChI is InChI=1S/C14H22FN5O/c1-16-13-10(15)7-17-14(18-13)20-8-11(12(21)9-20)19-5-3-2-4-6-19/h7,11-12,21H,2-6,8-9H2,1H3,(H,16,17,18)/t11-,12-/m0/s1. The van der Waals surface area contributed by atoms with E-state index >= 15 is 0 Å². The lowest BCUT2D eigenvalue weighted by Crippen LogP contribution is -2.45. The van der Waals surface area contributed by atoms with Gasteiger partial charge in [-0.2, -0.15) is 4.98 Å². The maximum Gasteiger partial charge on any atom is 0.227 e. The van der Waals surface area contributed by atoms with Crippen molar-refractivity contribution in [3.63, 3.8) is 0 Å². The van der Waals surface area contributed by atoms with Crippen LogP contribution in [0.5, 0.6) is 0 Å². The summed E-state index contributed by atoms with van der Waals surface area (Å²) in [4.78, 5) is 12.5. The lowest BCUT2D eigenvalue weighted by atomic mass is 10.1. The number of likely N-dealkylation sites (tertiary alicyclic amines) is 1. The van der Waals surface area contributed by atoms with E-state index < -0.39 is 11.9 Å². The molecule has 2 saturated heterocycles. The molecule has 0 radical (unpaired) electrons. The van der Waals surface area contributed by atoms with Gasteiger partial charge in [0.05, 0.1) is 18.3 Å². The Morgan fingerprint density at radius 2 is 2.05 bits per heavy atom. The molecule has 6 nitrogen and oxygen atoms in total. The molecule has 1 aromatic rings. The van der Waals surface area contributed by atoms with Crippen LogP contribution in [0.3, 0.4) is 0 Å². The maximum atomic E-state index is 13.4. The number of aliphatic hydroxyl groups excluding tert-OH is 1. The van der Waals surface area contributed by atoms with Gasteiger partial charge < -0.3 is 15.3 Å².